The van der Waals surface area contributed by atoms with Gasteiger partial charge in [-0.1, -0.05) is 24.3 Å². The molecular weight excluding hydrogens is 340 g/mol. The van der Waals surface area contributed by atoms with Crippen LogP contribution < -0.4 is 15.2 Å². The minimum Gasteiger partial charge on any atom is -0.480 e. The quantitative estimate of drug-likeness (QED) is 0.637. The van der Waals surface area contributed by atoms with E-state index in [2.05, 4.69) is 9.47 Å². The molecule has 0 radical (unpaired) electrons. The van der Waals surface area contributed by atoms with Crippen LogP contribution in [0.15, 0.2) is 42.5 Å². The Labute approximate surface area is 132 Å². The van der Waals surface area contributed by atoms with Gasteiger partial charge in [0.05, 0.1) is 0 Å². The monoisotopic (exact) mass is 351 g/mol. The van der Waals surface area contributed by atoms with E-state index in [1.54, 1.807) is 24.3 Å². The van der Waals surface area contributed by atoms with Crippen LogP contribution in [0.4, 0.5) is 32.0 Å². The van der Waals surface area contributed by atoms with Gasteiger partial charge in [0.25, 0.3) is 0 Å². The lowest BCUT2D eigenvalue weighted by Gasteiger charge is -2.16. The number of para-hydroxylation sites is 1. The third kappa shape index (κ3) is 4.97. The van der Waals surface area contributed by atoms with Gasteiger partial charge in [-0.05, 0) is 23.8 Å². The zero-order chi connectivity index (χ0) is 18.0. The summed E-state index contributed by atoms with van der Waals surface area (Å²) in [5.74, 6) is -1.56. The second kappa shape index (κ2) is 6.50. The number of halogens is 6. The summed E-state index contributed by atoms with van der Waals surface area (Å²) in [6.07, 6.45) is -9.78. The average molecular weight is 351 g/mol. The molecule has 0 aliphatic rings. The zero-order valence-electron chi connectivity index (χ0n) is 11.9. The van der Waals surface area contributed by atoms with Crippen molar-refractivity contribution in [1.82, 2.24) is 0 Å². The third-order valence-corrected chi connectivity index (χ3v) is 2.83. The summed E-state index contributed by atoms with van der Waals surface area (Å²) in [4.78, 5) is 0. The maximum absolute atomic E-state index is 12.4. The van der Waals surface area contributed by atoms with E-state index < -0.39 is 30.6 Å². The molecule has 0 saturated heterocycles. The van der Waals surface area contributed by atoms with Crippen molar-refractivity contribution < 1.29 is 35.8 Å². The summed E-state index contributed by atoms with van der Waals surface area (Å²) in [5.41, 5.74) is 6.79. The van der Waals surface area contributed by atoms with Crippen LogP contribution >= 0.6 is 0 Å². The van der Waals surface area contributed by atoms with Gasteiger partial charge in [0, 0.05) is 11.3 Å². The van der Waals surface area contributed by atoms with Crippen molar-refractivity contribution in [1.29, 1.82) is 0 Å². The Morgan fingerprint density at radius 1 is 0.875 bits per heavy atom. The maximum atomic E-state index is 12.4. The smallest absolute Gasteiger partial charge is 0.480 e. The maximum Gasteiger partial charge on any atom is 0.573 e. The second-order valence-corrected chi connectivity index (χ2v) is 4.70. The SMILES string of the molecule is Nc1ccccc1-c1ccc(OC(F)(F)F)c(OCC(F)(F)F)c1. The molecule has 0 aliphatic heterocycles. The molecule has 0 amide bonds. The summed E-state index contributed by atoms with van der Waals surface area (Å²) in [6.45, 7) is -1.76. The second-order valence-electron chi connectivity index (χ2n) is 4.70. The van der Waals surface area contributed by atoms with Gasteiger partial charge in [0.2, 0.25) is 0 Å². The predicted octanol–water partition coefficient (Wildman–Crippen LogP) is 4.78. The zero-order valence-corrected chi connectivity index (χ0v) is 11.9. The van der Waals surface area contributed by atoms with Crippen molar-refractivity contribution in [3.63, 3.8) is 0 Å². The summed E-state index contributed by atoms with van der Waals surface area (Å²) >= 11 is 0. The topological polar surface area (TPSA) is 44.5 Å². The molecular formula is C15H11F6NO2. The molecule has 2 N–H and O–H groups in total. The number of benzene rings is 2. The lowest BCUT2D eigenvalue weighted by molar-refractivity contribution is -0.275. The third-order valence-electron chi connectivity index (χ3n) is 2.83. The Morgan fingerprint density at radius 2 is 1.54 bits per heavy atom. The van der Waals surface area contributed by atoms with Gasteiger partial charge < -0.3 is 15.2 Å². The highest BCUT2D eigenvalue weighted by Gasteiger charge is 2.34. The van der Waals surface area contributed by atoms with Crippen LogP contribution in [-0.2, 0) is 0 Å². The molecule has 0 unspecified atom stereocenters. The van der Waals surface area contributed by atoms with E-state index in [0.717, 1.165) is 12.1 Å². The van der Waals surface area contributed by atoms with E-state index in [9.17, 15) is 26.3 Å². The van der Waals surface area contributed by atoms with E-state index in [4.69, 9.17) is 5.73 Å². The molecule has 2 aromatic rings. The van der Waals surface area contributed by atoms with Crippen LogP contribution in [0.1, 0.15) is 0 Å². The lowest BCUT2D eigenvalue weighted by atomic mass is 10.0. The van der Waals surface area contributed by atoms with Crippen LogP contribution in [0.5, 0.6) is 11.5 Å². The summed E-state index contributed by atoms with van der Waals surface area (Å²) < 4.78 is 82.1. The Bertz CT molecular complexity index is 712. The van der Waals surface area contributed by atoms with Crippen molar-refractivity contribution in [3.8, 4) is 22.6 Å². The van der Waals surface area contributed by atoms with Crippen LogP contribution in [0.25, 0.3) is 11.1 Å². The van der Waals surface area contributed by atoms with Crippen molar-refractivity contribution in [2.75, 3.05) is 12.3 Å². The number of alkyl halides is 6. The number of nitrogens with two attached hydrogens (primary N) is 1. The highest BCUT2D eigenvalue weighted by Crippen LogP contribution is 2.38. The molecule has 130 valence electrons. The van der Waals surface area contributed by atoms with E-state index >= 15 is 0 Å². The van der Waals surface area contributed by atoms with Crippen molar-refractivity contribution in [2.24, 2.45) is 0 Å². The van der Waals surface area contributed by atoms with Gasteiger partial charge in [-0.2, -0.15) is 13.2 Å². The van der Waals surface area contributed by atoms with E-state index in [1.165, 1.54) is 6.07 Å². The minimum absolute atomic E-state index is 0.291. The molecule has 0 bridgehead atoms. The molecule has 0 spiro atoms. The summed E-state index contributed by atoms with van der Waals surface area (Å²) in [6, 6.07) is 9.52. The first-order valence-corrected chi connectivity index (χ1v) is 6.49. The van der Waals surface area contributed by atoms with E-state index in [0.29, 0.717) is 16.8 Å². The fraction of sp³-hybridized carbons (Fsp3) is 0.200. The molecule has 2 aromatic carbocycles. The molecule has 0 saturated carbocycles. The Hall–Kier alpha value is -2.58. The average Bonchev–Trinajstić information content (AvgIpc) is 2.44. The molecule has 24 heavy (non-hydrogen) atoms. The molecule has 2 rings (SSSR count). The summed E-state index contributed by atoms with van der Waals surface area (Å²) in [5, 5.41) is 0. The highest BCUT2D eigenvalue weighted by molar-refractivity contribution is 5.77. The van der Waals surface area contributed by atoms with Crippen LogP contribution in [0.3, 0.4) is 0 Å². The molecule has 0 atom stereocenters. The lowest BCUT2D eigenvalue weighted by Crippen LogP contribution is -2.21. The van der Waals surface area contributed by atoms with E-state index in [-0.39, 0.29) is 0 Å². The highest BCUT2D eigenvalue weighted by atomic mass is 19.4. The number of ether oxygens (including phenoxy) is 2. The molecule has 3 nitrogen and oxygen atoms in total. The van der Waals surface area contributed by atoms with Crippen molar-refractivity contribution >= 4 is 5.69 Å². The van der Waals surface area contributed by atoms with Crippen molar-refractivity contribution in [2.45, 2.75) is 12.5 Å². The Balaban J connectivity index is 2.41. The van der Waals surface area contributed by atoms with Crippen molar-refractivity contribution in [3.05, 3.63) is 42.5 Å². The van der Waals surface area contributed by atoms with Crippen LogP contribution in [0, 0.1) is 0 Å². The Morgan fingerprint density at radius 3 is 2.12 bits per heavy atom. The summed E-state index contributed by atoms with van der Waals surface area (Å²) in [7, 11) is 0. The van der Waals surface area contributed by atoms with Gasteiger partial charge in [-0.25, -0.2) is 0 Å². The van der Waals surface area contributed by atoms with Gasteiger partial charge in [-0.15, -0.1) is 13.2 Å². The number of anilines is 1. The fourth-order valence-electron chi connectivity index (χ4n) is 1.92. The van der Waals surface area contributed by atoms with Gasteiger partial charge >= 0.3 is 12.5 Å². The first kappa shape index (κ1) is 17.8. The molecule has 0 heterocycles. The fourth-order valence-corrected chi connectivity index (χ4v) is 1.92. The minimum atomic E-state index is -5.07. The van der Waals surface area contributed by atoms with E-state index in [1.807, 2.05) is 0 Å². The normalized spacial score (nSPS) is 12.1. The number of hydrogen-bond donors (Lipinski definition) is 1. The van der Waals surface area contributed by atoms with Gasteiger partial charge in [0.15, 0.2) is 18.1 Å². The first-order valence-electron chi connectivity index (χ1n) is 6.49. The molecule has 0 fully saturated rings. The predicted molar refractivity (Wildman–Crippen MR) is 74.5 cm³/mol. The number of hydrogen-bond acceptors (Lipinski definition) is 3. The number of rotatable bonds is 4. The number of nitrogen functional groups attached to an aromatic ring is 1. The van der Waals surface area contributed by atoms with Gasteiger partial charge in [-0.3, -0.25) is 0 Å². The molecule has 9 heteroatoms. The largest absolute Gasteiger partial charge is 0.573 e. The van der Waals surface area contributed by atoms with Gasteiger partial charge in [0.1, 0.15) is 0 Å². The van der Waals surface area contributed by atoms with Crippen LogP contribution in [0.2, 0.25) is 0 Å². The Kier molecular flexibility index (Phi) is 4.81. The molecule has 0 aliphatic carbocycles. The first-order chi connectivity index (χ1) is 11.1. The van der Waals surface area contributed by atoms with Crippen LogP contribution in [-0.4, -0.2) is 19.1 Å². The molecule has 0 aromatic heterocycles. The standard InChI is InChI=1S/C15H11F6NO2/c16-14(17,18)8-23-13-7-9(10-3-1-2-4-11(10)22)5-6-12(13)24-15(19,20)21/h1-7H,8,22H2.